The lowest BCUT2D eigenvalue weighted by Crippen LogP contribution is -2.23. The van der Waals surface area contributed by atoms with Crippen LogP contribution in [0.15, 0.2) is 6.07 Å². The van der Waals surface area contributed by atoms with Gasteiger partial charge in [0.15, 0.2) is 5.78 Å². The van der Waals surface area contributed by atoms with Gasteiger partial charge in [-0.05, 0) is 51.2 Å². The Hall–Kier alpha value is -0.670. The number of carbonyl (C=O) groups is 1. The molecular weight excluding hydrogens is 232 g/mol. The summed E-state index contributed by atoms with van der Waals surface area (Å²) in [6.07, 6.45) is 4.94. The first-order valence-electron chi connectivity index (χ1n) is 6.22. The van der Waals surface area contributed by atoms with Gasteiger partial charge in [-0.1, -0.05) is 0 Å². The van der Waals surface area contributed by atoms with Crippen molar-refractivity contribution in [1.29, 1.82) is 0 Å². The number of methoxy groups -OCH3 is 1. The molecule has 1 aliphatic rings. The van der Waals surface area contributed by atoms with Crippen molar-refractivity contribution in [3.8, 4) is 0 Å². The molecule has 0 saturated heterocycles. The standard InChI is InChI=1S/C14H20O2S/c1-14(2,16-3)8-7-11(15)13-9-10-5-4-6-12(10)17-13/h9H,4-8H2,1-3H3. The summed E-state index contributed by atoms with van der Waals surface area (Å²) < 4.78 is 5.34. The molecule has 0 aliphatic heterocycles. The fourth-order valence-corrected chi connectivity index (χ4v) is 3.33. The van der Waals surface area contributed by atoms with Gasteiger partial charge in [-0.3, -0.25) is 4.79 Å². The van der Waals surface area contributed by atoms with Gasteiger partial charge in [0.2, 0.25) is 0 Å². The molecule has 2 rings (SSSR count). The van der Waals surface area contributed by atoms with Gasteiger partial charge < -0.3 is 4.74 Å². The predicted octanol–water partition coefficient (Wildman–Crippen LogP) is 3.62. The van der Waals surface area contributed by atoms with E-state index in [0.29, 0.717) is 6.42 Å². The third kappa shape index (κ3) is 2.96. The van der Waals surface area contributed by atoms with Crippen molar-refractivity contribution in [3.63, 3.8) is 0 Å². The van der Waals surface area contributed by atoms with Gasteiger partial charge in [-0.2, -0.15) is 0 Å². The minimum atomic E-state index is -0.199. The molecule has 0 amide bonds. The van der Waals surface area contributed by atoms with Gasteiger partial charge >= 0.3 is 0 Å². The van der Waals surface area contributed by atoms with E-state index >= 15 is 0 Å². The Morgan fingerprint density at radius 2 is 2.24 bits per heavy atom. The van der Waals surface area contributed by atoms with Gasteiger partial charge in [-0.15, -0.1) is 11.3 Å². The van der Waals surface area contributed by atoms with E-state index in [4.69, 9.17) is 4.74 Å². The molecule has 1 aromatic heterocycles. The summed E-state index contributed by atoms with van der Waals surface area (Å²) in [7, 11) is 1.70. The highest BCUT2D eigenvalue weighted by molar-refractivity contribution is 7.14. The largest absolute Gasteiger partial charge is 0.379 e. The summed E-state index contributed by atoms with van der Waals surface area (Å²) in [5, 5.41) is 0. The highest BCUT2D eigenvalue weighted by Crippen LogP contribution is 2.31. The molecule has 0 N–H and O–H groups in total. The van der Waals surface area contributed by atoms with Crippen LogP contribution < -0.4 is 0 Å². The molecule has 0 radical (unpaired) electrons. The Labute approximate surface area is 107 Å². The average molecular weight is 252 g/mol. The van der Waals surface area contributed by atoms with Crippen molar-refractivity contribution in [2.45, 2.75) is 51.6 Å². The van der Waals surface area contributed by atoms with Crippen LogP contribution in [0.25, 0.3) is 0 Å². The lowest BCUT2D eigenvalue weighted by atomic mass is 10.00. The third-order valence-corrected chi connectivity index (χ3v) is 4.81. The third-order valence-electron chi connectivity index (χ3n) is 3.53. The first kappa shape index (κ1) is 12.8. The second kappa shape index (κ2) is 4.91. The molecule has 0 unspecified atom stereocenters. The van der Waals surface area contributed by atoms with E-state index in [9.17, 15) is 4.79 Å². The van der Waals surface area contributed by atoms with Crippen molar-refractivity contribution < 1.29 is 9.53 Å². The lowest BCUT2D eigenvalue weighted by molar-refractivity contribution is 0.0142. The zero-order chi connectivity index (χ0) is 12.5. The molecule has 1 heterocycles. The Balaban J connectivity index is 1.96. The van der Waals surface area contributed by atoms with E-state index in [0.717, 1.165) is 24.1 Å². The maximum Gasteiger partial charge on any atom is 0.172 e. The van der Waals surface area contributed by atoms with Crippen LogP contribution in [-0.4, -0.2) is 18.5 Å². The minimum absolute atomic E-state index is 0.199. The number of fused-ring (bicyclic) bond motifs is 1. The average Bonchev–Trinajstić information content (AvgIpc) is 2.86. The van der Waals surface area contributed by atoms with Crippen LogP contribution in [0.3, 0.4) is 0 Å². The van der Waals surface area contributed by atoms with Crippen molar-refractivity contribution in [3.05, 3.63) is 21.4 Å². The number of ether oxygens (including phenoxy) is 1. The Bertz CT molecular complexity index is 396. The van der Waals surface area contributed by atoms with E-state index < -0.39 is 0 Å². The molecular formula is C14H20O2S. The molecule has 3 heteroatoms. The van der Waals surface area contributed by atoms with Crippen LogP contribution in [0.1, 0.15) is 53.2 Å². The second-order valence-electron chi connectivity index (χ2n) is 5.30. The first-order valence-corrected chi connectivity index (χ1v) is 7.03. The van der Waals surface area contributed by atoms with Gasteiger partial charge in [0.05, 0.1) is 10.5 Å². The van der Waals surface area contributed by atoms with Crippen LogP contribution in [0, 0.1) is 0 Å². The van der Waals surface area contributed by atoms with E-state index in [-0.39, 0.29) is 11.4 Å². The van der Waals surface area contributed by atoms with Gasteiger partial charge in [0, 0.05) is 18.4 Å². The normalized spacial score (nSPS) is 15.0. The molecule has 0 atom stereocenters. The van der Waals surface area contributed by atoms with Gasteiger partial charge in [-0.25, -0.2) is 0 Å². The Kier molecular flexibility index (Phi) is 3.69. The number of Topliss-reactive ketones (excluding diaryl/α,β-unsaturated/α-hetero) is 1. The monoisotopic (exact) mass is 252 g/mol. The fourth-order valence-electron chi connectivity index (χ4n) is 2.11. The number of hydrogen-bond acceptors (Lipinski definition) is 3. The number of aryl methyl sites for hydroxylation is 2. The maximum atomic E-state index is 12.1. The van der Waals surface area contributed by atoms with Crippen LogP contribution in [0.5, 0.6) is 0 Å². The zero-order valence-electron chi connectivity index (χ0n) is 10.8. The van der Waals surface area contributed by atoms with E-state index in [1.807, 2.05) is 13.8 Å². The second-order valence-corrected chi connectivity index (χ2v) is 6.44. The van der Waals surface area contributed by atoms with E-state index in [2.05, 4.69) is 6.07 Å². The molecule has 0 spiro atoms. The van der Waals surface area contributed by atoms with Crippen LogP contribution in [-0.2, 0) is 17.6 Å². The Morgan fingerprint density at radius 3 is 2.88 bits per heavy atom. The molecule has 1 aromatic rings. The zero-order valence-corrected chi connectivity index (χ0v) is 11.7. The molecule has 0 fully saturated rings. The topological polar surface area (TPSA) is 26.3 Å². The van der Waals surface area contributed by atoms with Gasteiger partial charge in [0.1, 0.15) is 0 Å². The predicted molar refractivity (Wildman–Crippen MR) is 71.0 cm³/mol. The number of hydrogen-bond donors (Lipinski definition) is 0. The molecule has 2 nitrogen and oxygen atoms in total. The quantitative estimate of drug-likeness (QED) is 0.748. The van der Waals surface area contributed by atoms with Crippen molar-refractivity contribution in [2.75, 3.05) is 7.11 Å². The smallest absolute Gasteiger partial charge is 0.172 e. The SMILES string of the molecule is COC(C)(C)CCC(=O)c1cc2c(s1)CCC2. The summed E-state index contributed by atoms with van der Waals surface area (Å²) in [6, 6.07) is 2.11. The highest BCUT2D eigenvalue weighted by atomic mass is 32.1. The highest BCUT2D eigenvalue weighted by Gasteiger charge is 2.21. The minimum Gasteiger partial charge on any atom is -0.379 e. The molecule has 0 aromatic carbocycles. The molecule has 0 bridgehead atoms. The van der Waals surface area contributed by atoms with Crippen LogP contribution in [0.2, 0.25) is 0 Å². The number of rotatable bonds is 5. The van der Waals surface area contributed by atoms with Crippen molar-refractivity contribution in [1.82, 2.24) is 0 Å². The summed E-state index contributed by atoms with van der Waals surface area (Å²) in [4.78, 5) is 14.4. The fraction of sp³-hybridized carbons (Fsp3) is 0.643. The molecule has 1 aliphatic carbocycles. The van der Waals surface area contributed by atoms with E-state index in [1.165, 1.54) is 16.9 Å². The number of carbonyl (C=O) groups excluding carboxylic acids is 1. The van der Waals surface area contributed by atoms with Crippen molar-refractivity contribution >= 4 is 17.1 Å². The maximum absolute atomic E-state index is 12.1. The number of thiophene rings is 1. The first-order chi connectivity index (χ1) is 8.02. The Morgan fingerprint density at radius 1 is 1.47 bits per heavy atom. The van der Waals surface area contributed by atoms with Crippen molar-refractivity contribution in [2.24, 2.45) is 0 Å². The number of ketones is 1. The van der Waals surface area contributed by atoms with Crippen LogP contribution in [0.4, 0.5) is 0 Å². The molecule has 94 valence electrons. The van der Waals surface area contributed by atoms with E-state index in [1.54, 1.807) is 18.4 Å². The summed E-state index contributed by atoms with van der Waals surface area (Å²) in [5.41, 5.74) is 1.21. The molecule has 0 saturated carbocycles. The summed E-state index contributed by atoms with van der Waals surface area (Å²) >= 11 is 1.70. The van der Waals surface area contributed by atoms with Gasteiger partial charge in [0.25, 0.3) is 0 Å². The summed E-state index contributed by atoms with van der Waals surface area (Å²) in [6.45, 7) is 4.05. The lowest BCUT2D eigenvalue weighted by Gasteiger charge is -2.21. The molecule has 17 heavy (non-hydrogen) atoms. The van der Waals surface area contributed by atoms with Crippen LogP contribution >= 0.6 is 11.3 Å². The summed E-state index contributed by atoms with van der Waals surface area (Å²) in [5.74, 6) is 0.273.